The summed E-state index contributed by atoms with van der Waals surface area (Å²) >= 11 is 0. The summed E-state index contributed by atoms with van der Waals surface area (Å²) in [6.07, 6.45) is -6.98. The summed E-state index contributed by atoms with van der Waals surface area (Å²) in [5.41, 5.74) is 0.383. The van der Waals surface area contributed by atoms with Crippen LogP contribution in [-0.4, -0.2) is 62.4 Å². The molecule has 0 aliphatic carbocycles. The maximum Gasteiger partial charge on any atom is 0.203 e. The highest BCUT2D eigenvalue weighted by Gasteiger charge is 2.46. The maximum absolute atomic E-state index is 13.8. The fourth-order valence-corrected chi connectivity index (χ4v) is 4.22. The summed E-state index contributed by atoms with van der Waals surface area (Å²) in [6.45, 7) is 3.73. The summed E-state index contributed by atoms with van der Waals surface area (Å²) in [5.74, 6) is -0.410. The molecule has 2 heterocycles. The van der Waals surface area contributed by atoms with Crippen LogP contribution in [0.4, 0.5) is 0 Å². The van der Waals surface area contributed by atoms with E-state index in [2.05, 4.69) is 0 Å². The Morgan fingerprint density at radius 3 is 2.28 bits per heavy atom. The third-order valence-corrected chi connectivity index (χ3v) is 6.20. The molecule has 1 aliphatic rings. The van der Waals surface area contributed by atoms with Crippen LogP contribution in [0.1, 0.15) is 31.1 Å². The second-order valence-corrected chi connectivity index (χ2v) is 8.90. The van der Waals surface area contributed by atoms with E-state index in [9.17, 15) is 35.4 Å². The third kappa shape index (κ3) is 4.45. The molecule has 10 heteroatoms. The first-order valence-electron chi connectivity index (χ1n) is 11.2. The first-order chi connectivity index (χ1) is 17.0. The van der Waals surface area contributed by atoms with E-state index >= 15 is 0 Å². The summed E-state index contributed by atoms with van der Waals surface area (Å²) in [4.78, 5) is 13.8. The largest absolute Gasteiger partial charge is 0.507 e. The van der Waals surface area contributed by atoms with Gasteiger partial charge >= 0.3 is 0 Å². The van der Waals surface area contributed by atoms with Gasteiger partial charge in [-0.2, -0.15) is 0 Å². The molecule has 0 amide bonds. The van der Waals surface area contributed by atoms with Crippen molar-refractivity contribution in [2.75, 3.05) is 7.11 Å². The van der Waals surface area contributed by atoms with Crippen molar-refractivity contribution in [1.82, 2.24) is 0 Å². The van der Waals surface area contributed by atoms with Crippen molar-refractivity contribution >= 4 is 11.0 Å². The Labute approximate surface area is 205 Å². The first-order valence-corrected chi connectivity index (χ1v) is 11.2. The van der Waals surface area contributed by atoms with Crippen LogP contribution in [0.2, 0.25) is 0 Å². The average molecular weight is 501 g/mol. The van der Waals surface area contributed by atoms with Gasteiger partial charge in [-0.25, -0.2) is 0 Å². The minimum absolute atomic E-state index is 0.0731. The number of methoxy groups -OCH3 is 1. The lowest BCUT2D eigenvalue weighted by atomic mass is 9.90. The zero-order chi connectivity index (χ0) is 26.3. The maximum atomic E-state index is 13.8. The number of allylic oxidation sites excluding steroid dienone is 2. The molecule has 10 nitrogen and oxygen atoms in total. The van der Waals surface area contributed by atoms with Crippen molar-refractivity contribution in [2.24, 2.45) is 0 Å². The quantitative estimate of drug-likeness (QED) is 0.284. The Morgan fingerprint density at radius 2 is 1.67 bits per heavy atom. The molecule has 1 aromatic heterocycles. The molecule has 2 aromatic carbocycles. The van der Waals surface area contributed by atoms with Crippen molar-refractivity contribution in [3.63, 3.8) is 0 Å². The highest BCUT2D eigenvalue weighted by molar-refractivity contribution is 5.90. The summed E-state index contributed by atoms with van der Waals surface area (Å²) in [7, 11) is 1.48. The van der Waals surface area contributed by atoms with Crippen molar-refractivity contribution in [3.05, 3.63) is 63.3 Å². The third-order valence-electron chi connectivity index (χ3n) is 6.20. The van der Waals surface area contributed by atoms with Crippen LogP contribution >= 0.6 is 0 Å². The number of rotatable bonds is 5. The van der Waals surface area contributed by atoms with Gasteiger partial charge in [0.1, 0.15) is 58.4 Å². The smallest absolute Gasteiger partial charge is 0.203 e. The van der Waals surface area contributed by atoms with Crippen LogP contribution in [-0.2, 0) is 11.2 Å². The lowest BCUT2D eigenvalue weighted by molar-refractivity contribution is -0.284. The Hall–Kier alpha value is -3.41. The molecule has 5 atom stereocenters. The second-order valence-electron chi connectivity index (χ2n) is 8.90. The van der Waals surface area contributed by atoms with Gasteiger partial charge in [0.05, 0.1) is 12.7 Å². The second kappa shape index (κ2) is 9.92. The van der Waals surface area contributed by atoms with E-state index in [1.54, 1.807) is 24.3 Å². The van der Waals surface area contributed by atoms with Crippen LogP contribution in [0.15, 0.2) is 51.2 Å². The van der Waals surface area contributed by atoms with Crippen molar-refractivity contribution in [3.8, 4) is 28.6 Å². The van der Waals surface area contributed by atoms with Gasteiger partial charge in [0.15, 0.2) is 6.29 Å². The number of ether oxygens (including phenoxy) is 2. The normalized spacial score (nSPS) is 24.0. The van der Waals surface area contributed by atoms with E-state index in [0.717, 1.165) is 11.6 Å². The first kappa shape index (κ1) is 25.7. The summed E-state index contributed by atoms with van der Waals surface area (Å²) < 4.78 is 16.7. The monoisotopic (exact) mass is 500 g/mol. The lowest BCUT2D eigenvalue weighted by Crippen LogP contribution is -2.54. The van der Waals surface area contributed by atoms with Gasteiger partial charge in [-0.15, -0.1) is 0 Å². The minimum atomic E-state index is -1.91. The molecular formula is C26H28O10. The molecule has 1 fully saturated rings. The van der Waals surface area contributed by atoms with Gasteiger partial charge in [0.2, 0.25) is 5.43 Å². The average Bonchev–Trinajstić information content (AvgIpc) is 2.84. The van der Waals surface area contributed by atoms with E-state index in [1.165, 1.54) is 7.11 Å². The van der Waals surface area contributed by atoms with Gasteiger partial charge in [-0.05, 0) is 44.5 Å². The van der Waals surface area contributed by atoms with Gasteiger partial charge in [-0.3, -0.25) is 4.79 Å². The van der Waals surface area contributed by atoms with Crippen LogP contribution in [0, 0.1) is 0 Å². The zero-order valence-corrected chi connectivity index (χ0v) is 19.9. The molecule has 192 valence electrons. The van der Waals surface area contributed by atoms with Gasteiger partial charge < -0.3 is 44.5 Å². The lowest BCUT2D eigenvalue weighted by Gasteiger charge is -2.38. The number of fused-ring (bicyclic) bond motifs is 1. The van der Waals surface area contributed by atoms with Crippen LogP contribution < -0.4 is 10.2 Å². The van der Waals surface area contributed by atoms with Crippen LogP contribution in [0.5, 0.6) is 17.2 Å². The van der Waals surface area contributed by atoms with Crippen LogP contribution in [0.3, 0.4) is 0 Å². The Morgan fingerprint density at radius 1 is 1.00 bits per heavy atom. The van der Waals surface area contributed by atoms with E-state index in [-0.39, 0.29) is 40.0 Å². The number of hydrogen-bond donors (Lipinski definition) is 6. The molecule has 0 unspecified atom stereocenters. The van der Waals surface area contributed by atoms with Crippen molar-refractivity contribution in [2.45, 2.75) is 51.0 Å². The molecule has 0 saturated carbocycles. The number of benzene rings is 2. The van der Waals surface area contributed by atoms with E-state index in [1.807, 2.05) is 19.9 Å². The number of aliphatic hydroxyl groups is 4. The highest BCUT2D eigenvalue weighted by atomic mass is 16.6. The number of phenolic OH excluding ortho intramolecular Hbond substituents is 2. The molecule has 0 bridgehead atoms. The highest BCUT2D eigenvalue weighted by Crippen LogP contribution is 2.41. The molecule has 36 heavy (non-hydrogen) atoms. The van der Waals surface area contributed by atoms with Gasteiger partial charge in [0.25, 0.3) is 0 Å². The SMILES string of the molecule is COc1ccc(-c2oc3c(CC=C(C)C)c(O)cc(O)c3c(=O)c2[C@@H]2O[C@H](O)[C@@H](O)[C@@H](O)[C@@H]2O)cc1. The zero-order valence-electron chi connectivity index (χ0n) is 19.9. The topological polar surface area (TPSA) is 170 Å². The number of aliphatic hydroxyl groups excluding tert-OH is 4. The predicted molar refractivity (Wildman–Crippen MR) is 129 cm³/mol. The number of hydrogen-bond acceptors (Lipinski definition) is 10. The fraction of sp³-hybridized carbons (Fsp3) is 0.346. The van der Waals surface area contributed by atoms with Gasteiger partial charge in [0, 0.05) is 17.2 Å². The van der Waals surface area contributed by atoms with E-state index < -0.39 is 41.9 Å². The van der Waals surface area contributed by atoms with Crippen LogP contribution in [0.25, 0.3) is 22.3 Å². The Bertz CT molecular complexity index is 1350. The van der Waals surface area contributed by atoms with E-state index in [0.29, 0.717) is 11.3 Å². The molecule has 0 radical (unpaired) electrons. The molecule has 0 spiro atoms. The van der Waals surface area contributed by atoms with Crippen molar-refractivity contribution in [1.29, 1.82) is 0 Å². The Balaban J connectivity index is 2.07. The van der Waals surface area contributed by atoms with E-state index in [4.69, 9.17) is 13.9 Å². The molecule has 1 aliphatic heterocycles. The number of phenols is 2. The molecule has 1 saturated heterocycles. The number of aromatic hydroxyl groups is 2. The molecule has 4 rings (SSSR count). The fourth-order valence-electron chi connectivity index (χ4n) is 4.22. The molecule has 3 aromatic rings. The standard InChI is InChI=1S/C26H28O10/c1-11(2)4-9-14-15(27)10-16(28)17-19(29)18(25-21(31)20(30)22(32)26(33)36-25)23(35-24(14)17)12-5-7-13(34-3)8-6-12/h4-8,10,20-22,25-28,30-33H,9H2,1-3H3/t20-,21-,22-,25-,26-/m0/s1. The molecular weight excluding hydrogens is 472 g/mol. The van der Waals surface area contributed by atoms with Crippen molar-refractivity contribution < 1.29 is 44.5 Å². The van der Waals surface area contributed by atoms with Gasteiger partial charge in [-0.1, -0.05) is 11.6 Å². The Kier molecular flexibility index (Phi) is 7.07. The molecule has 6 N–H and O–H groups in total. The summed E-state index contributed by atoms with van der Waals surface area (Å²) in [5, 5.41) is 61.8. The predicted octanol–water partition coefficient (Wildman–Crippen LogP) is 1.86. The summed E-state index contributed by atoms with van der Waals surface area (Å²) in [6, 6.07) is 7.41. The minimum Gasteiger partial charge on any atom is -0.507 e.